The third-order valence-electron chi connectivity index (χ3n) is 6.16. The van der Waals surface area contributed by atoms with Gasteiger partial charge in [0.2, 0.25) is 11.6 Å². The summed E-state index contributed by atoms with van der Waals surface area (Å²) in [6, 6.07) is 8.57. The van der Waals surface area contributed by atoms with Gasteiger partial charge in [0.05, 0.1) is 17.7 Å². The smallest absolute Gasteiger partial charge is 0.475 e. The number of nitrogens with one attached hydrogen (secondary N) is 1. The van der Waals surface area contributed by atoms with Gasteiger partial charge in [-0.1, -0.05) is 6.07 Å². The van der Waals surface area contributed by atoms with Crippen LogP contribution in [0.5, 0.6) is 11.6 Å². The van der Waals surface area contributed by atoms with Crippen LogP contribution in [0.1, 0.15) is 49.5 Å². The predicted molar refractivity (Wildman–Crippen MR) is 153 cm³/mol. The van der Waals surface area contributed by atoms with Crippen LogP contribution in [0.25, 0.3) is 21.7 Å². The van der Waals surface area contributed by atoms with Gasteiger partial charge < -0.3 is 24.3 Å². The second kappa shape index (κ2) is 14.1. The first kappa shape index (κ1) is 32.8. The molecule has 236 valence electrons. The van der Waals surface area contributed by atoms with Gasteiger partial charge in [-0.05, 0) is 76.1 Å². The zero-order valence-electron chi connectivity index (χ0n) is 24.4. The van der Waals surface area contributed by atoms with E-state index < -0.39 is 35.3 Å². The summed E-state index contributed by atoms with van der Waals surface area (Å²) in [6.07, 6.45) is -0.458. The van der Waals surface area contributed by atoms with E-state index in [2.05, 4.69) is 20.0 Å². The number of rotatable bonds is 13. The van der Waals surface area contributed by atoms with Crippen molar-refractivity contribution in [1.82, 2.24) is 15.3 Å². The highest BCUT2D eigenvalue weighted by atomic mass is 19.4. The lowest BCUT2D eigenvalue weighted by molar-refractivity contribution is -0.276. The van der Waals surface area contributed by atoms with Crippen molar-refractivity contribution >= 4 is 27.6 Å². The Kier molecular flexibility index (Phi) is 10.5. The van der Waals surface area contributed by atoms with Crippen molar-refractivity contribution in [2.75, 3.05) is 26.4 Å². The monoisotopic (exact) mass is 621 g/mol. The minimum Gasteiger partial charge on any atom is -0.475 e. The number of unbranched alkanes of at least 4 members (excludes halogenated alkanes) is 1. The normalized spacial score (nSPS) is 12.1. The van der Waals surface area contributed by atoms with Crippen LogP contribution in [0.4, 0.5) is 22.0 Å². The summed E-state index contributed by atoms with van der Waals surface area (Å²) < 4.78 is 84.9. The van der Waals surface area contributed by atoms with E-state index >= 15 is 0 Å². The summed E-state index contributed by atoms with van der Waals surface area (Å²) in [5, 5.41) is 5.40. The number of aromatic nitrogens is 2. The number of carbonyl (C=O) groups excluding carboxylic acids is 1. The molecule has 1 N–H and O–H groups in total. The molecule has 2 aromatic heterocycles. The van der Waals surface area contributed by atoms with Crippen LogP contribution >= 0.6 is 0 Å². The number of nitrogens with zero attached hydrogens (tertiary/aromatic N) is 2. The van der Waals surface area contributed by atoms with Crippen LogP contribution in [-0.2, 0) is 16.0 Å². The zero-order chi connectivity index (χ0) is 31.9. The molecule has 0 aliphatic rings. The number of halogens is 5. The Morgan fingerprint density at radius 3 is 2.36 bits per heavy atom. The number of carbonyl (C=O) groups is 1. The largest absolute Gasteiger partial charge is 0.573 e. The maximum atomic E-state index is 13.8. The maximum absolute atomic E-state index is 13.8. The Morgan fingerprint density at radius 2 is 1.66 bits per heavy atom. The van der Waals surface area contributed by atoms with E-state index in [1.807, 2.05) is 6.07 Å². The molecule has 0 atom stereocenters. The molecule has 8 nitrogen and oxygen atoms in total. The minimum atomic E-state index is -5.19. The average Bonchev–Trinajstić information content (AvgIpc) is 2.94. The highest BCUT2D eigenvalue weighted by Gasteiger charge is 2.34. The molecule has 2 aromatic carbocycles. The van der Waals surface area contributed by atoms with Crippen molar-refractivity contribution in [2.45, 2.75) is 52.1 Å². The standard InChI is InChI=1S/C31H32F5N3O5/c1-30(2,3)44-29(40)20-6-7-21-23-18-38-10-8-22(23)28(39-26(21)16-20)42-13-12-41-11-5-4-9-37-17-19-14-24(32)27(25(33)15-19)43-31(34,35)36/h6-8,10,14-16,18,37H,4-5,9,11-13,17H2,1-3H3. The van der Waals surface area contributed by atoms with E-state index in [1.165, 1.54) is 0 Å². The molecule has 0 aliphatic heterocycles. The summed E-state index contributed by atoms with van der Waals surface area (Å²) in [7, 11) is 0. The molecule has 44 heavy (non-hydrogen) atoms. The van der Waals surface area contributed by atoms with Crippen molar-refractivity contribution < 1.29 is 45.7 Å². The Hall–Kier alpha value is -4.10. The van der Waals surface area contributed by atoms with Crippen LogP contribution in [-0.4, -0.2) is 54.3 Å². The summed E-state index contributed by atoms with van der Waals surface area (Å²) >= 11 is 0. The molecule has 0 unspecified atom stereocenters. The van der Waals surface area contributed by atoms with Gasteiger partial charge in [-0.25, -0.2) is 18.6 Å². The second-order valence-corrected chi connectivity index (χ2v) is 10.9. The molecule has 4 rings (SSSR count). The molecule has 2 heterocycles. The van der Waals surface area contributed by atoms with Gasteiger partial charge in [-0.15, -0.1) is 13.2 Å². The Labute approximate surface area is 250 Å². The van der Waals surface area contributed by atoms with E-state index in [1.54, 1.807) is 51.4 Å². The SMILES string of the molecule is CC(C)(C)OC(=O)c1ccc2c(c1)nc(OCCOCCCCNCc1cc(F)c(OC(F)(F)F)c(F)c1)c1ccncc12. The number of ether oxygens (including phenoxy) is 4. The van der Waals surface area contributed by atoms with E-state index in [0.717, 1.165) is 28.3 Å². The fourth-order valence-corrected chi connectivity index (χ4v) is 4.30. The molecule has 0 bridgehead atoms. The van der Waals surface area contributed by atoms with Crippen molar-refractivity contribution in [3.63, 3.8) is 0 Å². The molecular weight excluding hydrogens is 589 g/mol. The van der Waals surface area contributed by atoms with Gasteiger partial charge in [0.15, 0.2) is 11.6 Å². The van der Waals surface area contributed by atoms with E-state index in [4.69, 9.17) is 14.2 Å². The van der Waals surface area contributed by atoms with Crippen LogP contribution in [0, 0.1) is 11.6 Å². The maximum Gasteiger partial charge on any atom is 0.573 e. The fourth-order valence-electron chi connectivity index (χ4n) is 4.30. The molecule has 0 saturated carbocycles. The second-order valence-electron chi connectivity index (χ2n) is 10.9. The van der Waals surface area contributed by atoms with Crippen molar-refractivity contribution in [2.24, 2.45) is 0 Å². The molecule has 0 aliphatic carbocycles. The average molecular weight is 622 g/mol. The van der Waals surface area contributed by atoms with E-state index in [-0.39, 0.29) is 18.7 Å². The first-order valence-corrected chi connectivity index (χ1v) is 13.9. The molecule has 13 heteroatoms. The number of alkyl halides is 3. The van der Waals surface area contributed by atoms with Gasteiger partial charge >= 0.3 is 12.3 Å². The fraction of sp³-hybridized carbons (Fsp3) is 0.387. The predicted octanol–water partition coefficient (Wildman–Crippen LogP) is 6.88. The lowest BCUT2D eigenvalue weighted by Gasteiger charge is -2.19. The van der Waals surface area contributed by atoms with Crippen LogP contribution in [0.3, 0.4) is 0 Å². The van der Waals surface area contributed by atoms with E-state index in [9.17, 15) is 26.7 Å². The van der Waals surface area contributed by atoms with Crippen LogP contribution < -0.4 is 14.8 Å². The Morgan fingerprint density at radius 1 is 0.909 bits per heavy atom. The third-order valence-corrected chi connectivity index (χ3v) is 6.16. The summed E-state index contributed by atoms with van der Waals surface area (Å²) in [5.41, 5.74) is 0.454. The highest BCUT2D eigenvalue weighted by Crippen LogP contribution is 2.31. The van der Waals surface area contributed by atoms with Gasteiger partial charge in [0, 0.05) is 41.7 Å². The highest BCUT2D eigenvalue weighted by molar-refractivity contribution is 6.08. The number of pyridine rings is 2. The van der Waals surface area contributed by atoms with Crippen LogP contribution in [0.2, 0.25) is 0 Å². The van der Waals surface area contributed by atoms with Crippen LogP contribution in [0.15, 0.2) is 48.8 Å². The molecule has 0 fully saturated rings. The number of benzene rings is 2. The Balaban J connectivity index is 1.22. The molecule has 4 aromatic rings. The first-order valence-electron chi connectivity index (χ1n) is 13.9. The van der Waals surface area contributed by atoms with Crippen molar-refractivity contribution in [3.8, 4) is 11.6 Å². The van der Waals surface area contributed by atoms with Gasteiger partial charge in [0.25, 0.3) is 0 Å². The molecule has 0 amide bonds. The molecule has 0 saturated heterocycles. The third kappa shape index (κ3) is 9.20. The zero-order valence-corrected chi connectivity index (χ0v) is 24.4. The number of hydrogen-bond donors (Lipinski definition) is 1. The lowest BCUT2D eigenvalue weighted by Crippen LogP contribution is -2.23. The lowest BCUT2D eigenvalue weighted by atomic mass is 10.1. The topological polar surface area (TPSA) is 91.8 Å². The molecule has 0 radical (unpaired) electrons. The van der Waals surface area contributed by atoms with Crippen molar-refractivity contribution in [1.29, 1.82) is 0 Å². The van der Waals surface area contributed by atoms with E-state index in [0.29, 0.717) is 49.6 Å². The Bertz CT molecular complexity index is 1580. The van der Waals surface area contributed by atoms with Gasteiger partial charge in [0.1, 0.15) is 12.2 Å². The quantitative estimate of drug-likeness (QED) is 0.0748. The molecule has 0 spiro atoms. The van der Waals surface area contributed by atoms with Crippen molar-refractivity contribution in [3.05, 3.63) is 71.6 Å². The summed E-state index contributed by atoms with van der Waals surface area (Å²) in [5.74, 6) is -4.39. The first-order chi connectivity index (χ1) is 20.8. The summed E-state index contributed by atoms with van der Waals surface area (Å²) in [6.45, 7) is 6.92. The summed E-state index contributed by atoms with van der Waals surface area (Å²) in [4.78, 5) is 21.4. The van der Waals surface area contributed by atoms with Gasteiger partial charge in [-0.3, -0.25) is 4.98 Å². The van der Waals surface area contributed by atoms with Gasteiger partial charge in [-0.2, -0.15) is 0 Å². The minimum absolute atomic E-state index is 0.0658. The molecular formula is C31H32F5N3O5. The number of esters is 1. The number of fused-ring (bicyclic) bond motifs is 3. The number of hydrogen-bond acceptors (Lipinski definition) is 8.